The molecular formula is C62H121NO13. The molecule has 9 N–H and O–H groups in total. The summed E-state index contributed by atoms with van der Waals surface area (Å²) in [5, 5.41) is 87.3. The van der Waals surface area contributed by atoms with Crippen LogP contribution in [-0.4, -0.2) is 140 Å². The first-order valence-electron chi connectivity index (χ1n) is 32.3. The monoisotopic (exact) mass is 1090 g/mol. The summed E-state index contributed by atoms with van der Waals surface area (Å²) < 4.78 is 22.9. The van der Waals surface area contributed by atoms with Gasteiger partial charge in [0.05, 0.1) is 32.0 Å². The van der Waals surface area contributed by atoms with Gasteiger partial charge in [-0.25, -0.2) is 0 Å². The number of hydrogen-bond donors (Lipinski definition) is 9. The van der Waals surface area contributed by atoms with Gasteiger partial charge < -0.3 is 65.1 Å². The van der Waals surface area contributed by atoms with Crippen LogP contribution < -0.4 is 5.32 Å². The molecule has 2 rings (SSSR count). The quantitative estimate of drug-likeness (QED) is 0.0259. The third kappa shape index (κ3) is 33.7. The van der Waals surface area contributed by atoms with Gasteiger partial charge in [0.25, 0.3) is 0 Å². The Balaban J connectivity index is 1.65. The lowest BCUT2D eigenvalue weighted by Gasteiger charge is -2.46. The van der Waals surface area contributed by atoms with E-state index in [0.29, 0.717) is 12.8 Å². The third-order valence-electron chi connectivity index (χ3n) is 16.3. The van der Waals surface area contributed by atoms with E-state index in [2.05, 4.69) is 19.2 Å². The van der Waals surface area contributed by atoms with Crippen LogP contribution in [0.25, 0.3) is 0 Å². The molecule has 0 aliphatic carbocycles. The number of rotatable bonds is 53. The molecule has 2 aliphatic rings. The summed E-state index contributed by atoms with van der Waals surface area (Å²) in [5.74, 6) is -0.199. The van der Waals surface area contributed by atoms with Crippen LogP contribution in [0.2, 0.25) is 0 Å². The predicted octanol–water partition coefficient (Wildman–Crippen LogP) is 11.7. The third-order valence-corrected chi connectivity index (χ3v) is 16.3. The van der Waals surface area contributed by atoms with Crippen LogP contribution in [0.3, 0.4) is 0 Å². The van der Waals surface area contributed by atoms with E-state index in [9.17, 15) is 45.6 Å². The van der Waals surface area contributed by atoms with Gasteiger partial charge in [0.1, 0.15) is 48.8 Å². The van der Waals surface area contributed by atoms with Gasteiger partial charge in [-0.3, -0.25) is 4.79 Å². The van der Waals surface area contributed by atoms with Crippen molar-refractivity contribution in [1.29, 1.82) is 0 Å². The molecule has 14 nitrogen and oxygen atoms in total. The van der Waals surface area contributed by atoms with Crippen molar-refractivity contribution in [2.24, 2.45) is 0 Å². The molecule has 0 radical (unpaired) electrons. The molecule has 2 saturated heterocycles. The van der Waals surface area contributed by atoms with Crippen LogP contribution in [-0.2, 0) is 23.7 Å². The number of hydrogen-bond acceptors (Lipinski definition) is 13. The zero-order chi connectivity index (χ0) is 55.3. The van der Waals surface area contributed by atoms with Gasteiger partial charge in [-0.15, -0.1) is 0 Å². The van der Waals surface area contributed by atoms with Crippen LogP contribution >= 0.6 is 0 Å². The second-order valence-electron chi connectivity index (χ2n) is 23.3. The number of aliphatic hydroxyl groups excluding tert-OH is 8. The summed E-state index contributed by atoms with van der Waals surface area (Å²) in [6, 6.07) is -0.822. The molecule has 12 atom stereocenters. The smallest absolute Gasteiger partial charge is 0.220 e. The molecule has 0 aromatic carbocycles. The molecule has 4 unspecified atom stereocenters. The fourth-order valence-electron chi connectivity index (χ4n) is 11.1. The first-order chi connectivity index (χ1) is 37.1. The standard InChI is InChI=1S/C62H121NO13/c1-3-5-7-9-11-13-15-17-19-20-21-22-23-24-25-26-27-28-29-30-31-32-34-36-38-40-42-44-46-54(67)63-50(51(66)45-43-41-39-37-35-33-18-16-14-12-10-8-6-4-2)49-73-61-59(72)57(70)60(53(48-65)75-61)76-62-58(71)56(69)55(68)52(47-64)74-62/h50-53,55-62,64-66,68-72H,3-49H2,1-2H3,(H,63,67)/t50-,51+,52+,53+,55-,56?,57?,58?,59?,60+,61+,62-/m0/s1. The molecule has 76 heavy (non-hydrogen) atoms. The molecule has 0 aromatic heterocycles. The summed E-state index contributed by atoms with van der Waals surface area (Å²) in [6.45, 7) is 2.90. The zero-order valence-corrected chi connectivity index (χ0v) is 48.8. The molecule has 2 fully saturated rings. The summed E-state index contributed by atoms with van der Waals surface area (Å²) in [4.78, 5) is 13.3. The van der Waals surface area contributed by atoms with E-state index in [4.69, 9.17) is 18.9 Å². The number of carbonyl (C=O) groups excluding carboxylic acids is 1. The number of nitrogens with one attached hydrogen (secondary N) is 1. The van der Waals surface area contributed by atoms with Crippen LogP contribution in [0, 0.1) is 0 Å². The Bertz CT molecular complexity index is 1280. The van der Waals surface area contributed by atoms with Gasteiger partial charge in [-0.1, -0.05) is 277 Å². The fraction of sp³-hybridized carbons (Fsp3) is 0.984. The van der Waals surface area contributed by atoms with Gasteiger partial charge >= 0.3 is 0 Å². The molecule has 14 heteroatoms. The van der Waals surface area contributed by atoms with Crippen molar-refractivity contribution in [1.82, 2.24) is 5.32 Å². The highest BCUT2D eigenvalue weighted by atomic mass is 16.7. The van der Waals surface area contributed by atoms with Crippen molar-refractivity contribution in [2.75, 3.05) is 19.8 Å². The van der Waals surface area contributed by atoms with Gasteiger partial charge in [0.15, 0.2) is 12.6 Å². The molecule has 2 aliphatic heterocycles. The SMILES string of the molecule is CCCCCCCCCCCCCCCCCCCCCCCCCCCCCCC(=O)N[C@@H](CO[C@@H]1O[C@H](CO)[C@@H](O[C@@H]2O[C@H](CO)[C@H](O)C(O)C2O)C(O)C1O)[C@H](O)CCCCCCCCCCCCCCCC. The summed E-state index contributed by atoms with van der Waals surface area (Å²) in [5.41, 5.74) is 0. The van der Waals surface area contributed by atoms with Gasteiger partial charge in [-0.05, 0) is 12.8 Å². The Morgan fingerprint density at radius 1 is 0.421 bits per heavy atom. The number of unbranched alkanes of at least 4 members (excludes halogenated alkanes) is 40. The van der Waals surface area contributed by atoms with Crippen molar-refractivity contribution in [2.45, 2.75) is 370 Å². The van der Waals surface area contributed by atoms with Crippen molar-refractivity contribution in [3.8, 4) is 0 Å². The molecule has 2 heterocycles. The van der Waals surface area contributed by atoms with Crippen molar-refractivity contribution in [3.63, 3.8) is 0 Å². The zero-order valence-electron chi connectivity index (χ0n) is 48.8. The highest BCUT2D eigenvalue weighted by Gasteiger charge is 2.51. The van der Waals surface area contributed by atoms with Crippen LogP contribution in [0.4, 0.5) is 0 Å². The predicted molar refractivity (Wildman–Crippen MR) is 305 cm³/mol. The maximum absolute atomic E-state index is 13.3. The van der Waals surface area contributed by atoms with E-state index in [-0.39, 0.29) is 12.5 Å². The molecule has 0 bridgehead atoms. The average molecular weight is 1090 g/mol. The van der Waals surface area contributed by atoms with E-state index < -0.39 is 86.8 Å². The molecule has 0 saturated carbocycles. The molecule has 452 valence electrons. The fourth-order valence-corrected chi connectivity index (χ4v) is 11.1. The van der Waals surface area contributed by atoms with E-state index >= 15 is 0 Å². The van der Waals surface area contributed by atoms with Crippen LogP contribution in [0.5, 0.6) is 0 Å². The van der Waals surface area contributed by atoms with E-state index in [1.165, 1.54) is 218 Å². The lowest BCUT2D eigenvalue weighted by atomic mass is 9.97. The first kappa shape index (κ1) is 71.1. The van der Waals surface area contributed by atoms with E-state index in [1.807, 2.05) is 0 Å². The summed E-state index contributed by atoms with van der Waals surface area (Å²) in [6.07, 6.45) is 38.3. The Labute approximate surface area is 464 Å². The van der Waals surface area contributed by atoms with Gasteiger partial charge in [0, 0.05) is 6.42 Å². The number of amides is 1. The lowest BCUT2D eigenvalue weighted by molar-refractivity contribution is -0.359. The normalized spacial score (nSPS) is 24.8. The Morgan fingerprint density at radius 2 is 0.750 bits per heavy atom. The Kier molecular flexibility index (Phi) is 45.5. The molecule has 0 spiro atoms. The highest BCUT2D eigenvalue weighted by molar-refractivity contribution is 5.76. The average Bonchev–Trinajstić information content (AvgIpc) is 3.42. The highest BCUT2D eigenvalue weighted by Crippen LogP contribution is 2.30. The second kappa shape index (κ2) is 48.7. The number of ether oxygens (including phenoxy) is 4. The lowest BCUT2D eigenvalue weighted by Crippen LogP contribution is -2.65. The van der Waals surface area contributed by atoms with Crippen LogP contribution in [0.15, 0.2) is 0 Å². The molecule has 1 amide bonds. The van der Waals surface area contributed by atoms with Crippen molar-refractivity contribution < 1.29 is 64.6 Å². The summed E-state index contributed by atoms with van der Waals surface area (Å²) in [7, 11) is 0. The topological polar surface area (TPSA) is 228 Å². The van der Waals surface area contributed by atoms with Gasteiger partial charge in [-0.2, -0.15) is 0 Å². The maximum atomic E-state index is 13.3. The molecular weight excluding hydrogens is 967 g/mol. The van der Waals surface area contributed by atoms with E-state index in [1.54, 1.807) is 0 Å². The minimum Gasteiger partial charge on any atom is -0.394 e. The van der Waals surface area contributed by atoms with Crippen molar-refractivity contribution in [3.05, 3.63) is 0 Å². The molecule has 0 aromatic rings. The second-order valence-corrected chi connectivity index (χ2v) is 23.3. The Hall–Kier alpha value is -1.01. The first-order valence-corrected chi connectivity index (χ1v) is 32.3. The summed E-state index contributed by atoms with van der Waals surface area (Å²) >= 11 is 0. The minimum atomic E-state index is -1.78. The number of carbonyl (C=O) groups is 1. The largest absolute Gasteiger partial charge is 0.394 e. The Morgan fingerprint density at radius 3 is 1.12 bits per heavy atom. The van der Waals surface area contributed by atoms with Crippen molar-refractivity contribution >= 4 is 5.91 Å². The van der Waals surface area contributed by atoms with E-state index in [0.717, 1.165) is 51.4 Å². The minimum absolute atomic E-state index is 0.199. The number of aliphatic hydroxyl groups is 8. The maximum Gasteiger partial charge on any atom is 0.220 e. The van der Waals surface area contributed by atoms with Gasteiger partial charge in [0.2, 0.25) is 5.91 Å². The van der Waals surface area contributed by atoms with Crippen LogP contribution in [0.1, 0.15) is 296 Å².